The van der Waals surface area contributed by atoms with Gasteiger partial charge in [-0.05, 0) is 43.3 Å². The highest BCUT2D eigenvalue weighted by molar-refractivity contribution is 9.10. The molecule has 0 saturated heterocycles. The summed E-state index contributed by atoms with van der Waals surface area (Å²) in [5, 5.41) is 11.5. The van der Waals surface area contributed by atoms with E-state index in [1.54, 1.807) is 43.3 Å². The van der Waals surface area contributed by atoms with Crippen LogP contribution in [-0.4, -0.2) is 30.3 Å². The van der Waals surface area contributed by atoms with E-state index >= 15 is 0 Å². The first-order valence-electron chi connectivity index (χ1n) is 8.21. The van der Waals surface area contributed by atoms with Gasteiger partial charge in [0.15, 0.2) is 11.5 Å². The van der Waals surface area contributed by atoms with Gasteiger partial charge in [0, 0.05) is 26.6 Å². The number of aromatic nitrogens is 5. The quantitative estimate of drug-likeness (QED) is 0.437. The molecule has 0 unspecified atom stereocenters. The third-order valence-corrected chi connectivity index (χ3v) is 5.34. The van der Waals surface area contributed by atoms with Crippen molar-refractivity contribution >= 4 is 50.1 Å². The van der Waals surface area contributed by atoms with Crippen molar-refractivity contribution in [2.24, 2.45) is 0 Å². The smallest absolute Gasteiger partial charge is 0.257 e. The lowest BCUT2D eigenvalue weighted by molar-refractivity contribution is 0.102. The lowest BCUT2D eigenvalue weighted by Crippen LogP contribution is -2.11. The number of carbonyl (C=O) groups excluding carboxylic acids is 1. The average Bonchev–Trinajstić information content (AvgIpc) is 3.28. The van der Waals surface area contributed by atoms with Gasteiger partial charge in [-0.3, -0.25) is 10.1 Å². The number of rotatable bonds is 4. The average molecular weight is 494 g/mol. The molecular formula is C18H11BrClFN6OS. The molecule has 0 aliphatic rings. The van der Waals surface area contributed by atoms with Crippen LogP contribution in [0.15, 0.2) is 46.9 Å². The Kier molecular flexibility index (Phi) is 5.39. The monoisotopic (exact) mass is 492 g/mol. The van der Waals surface area contributed by atoms with Gasteiger partial charge in [0.2, 0.25) is 5.13 Å². The van der Waals surface area contributed by atoms with Crippen molar-refractivity contribution in [2.75, 3.05) is 5.32 Å². The normalized spacial score (nSPS) is 10.9. The Morgan fingerprint density at radius 3 is 2.86 bits per heavy atom. The van der Waals surface area contributed by atoms with Crippen LogP contribution < -0.4 is 5.32 Å². The summed E-state index contributed by atoms with van der Waals surface area (Å²) in [6, 6.07) is 11.2. The van der Waals surface area contributed by atoms with Crippen molar-refractivity contribution in [3.05, 3.63) is 69.0 Å². The van der Waals surface area contributed by atoms with E-state index in [1.807, 2.05) is 0 Å². The summed E-state index contributed by atoms with van der Waals surface area (Å²) in [6.45, 7) is 1.74. The van der Waals surface area contributed by atoms with Crippen molar-refractivity contribution in [1.82, 2.24) is 24.4 Å². The highest BCUT2D eigenvalue weighted by Gasteiger charge is 2.19. The molecule has 1 amide bonds. The third kappa shape index (κ3) is 4.04. The standard InChI is InChI=1S/C18H11BrClFN6OS/c1-9-15(24-26-27(9)14-6-5-11(19)8-13(14)21)16-22-18(29-25-16)23-17(28)10-3-2-4-12(20)7-10/h2-8H,1H3,(H,22,23,25,28). The highest BCUT2D eigenvalue weighted by atomic mass is 79.9. The molecule has 4 rings (SSSR count). The van der Waals surface area contributed by atoms with Crippen LogP contribution in [0.3, 0.4) is 0 Å². The summed E-state index contributed by atoms with van der Waals surface area (Å²) >= 11 is 10.1. The number of anilines is 1. The number of amides is 1. The molecule has 0 aliphatic carbocycles. The van der Waals surface area contributed by atoms with Gasteiger partial charge < -0.3 is 0 Å². The molecule has 0 aliphatic heterocycles. The molecule has 0 spiro atoms. The molecule has 0 bridgehead atoms. The van der Waals surface area contributed by atoms with Crippen molar-refractivity contribution in [1.29, 1.82) is 0 Å². The molecule has 2 heterocycles. The number of nitrogens with zero attached hydrogens (tertiary/aromatic N) is 5. The van der Waals surface area contributed by atoms with Gasteiger partial charge in [-0.1, -0.05) is 38.8 Å². The Bertz CT molecular complexity index is 1230. The molecule has 29 heavy (non-hydrogen) atoms. The Morgan fingerprint density at radius 2 is 2.10 bits per heavy atom. The summed E-state index contributed by atoms with van der Waals surface area (Å²) in [6.07, 6.45) is 0. The van der Waals surface area contributed by atoms with E-state index in [9.17, 15) is 9.18 Å². The van der Waals surface area contributed by atoms with E-state index in [1.165, 1.54) is 10.7 Å². The molecule has 0 atom stereocenters. The molecule has 2 aromatic carbocycles. The second kappa shape index (κ2) is 7.97. The van der Waals surface area contributed by atoms with E-state index in [4.69, 9.17) is 11.6 Å². The zero-order valence-electron chi connectivity index (χ0n) is 14.7. The number of hydrogen-bond donors (Lipinski definition) is 1. The summed E-state index contributed by atoms with van der Waals surface area (Å²) in [4.78, 5) is 16.6. The Balaban J connectivity index is 1.59. The van der Waals surface area contributed by atoms with Gasteiger partial charge >= 0.3 is 0 Å². The minimum Gasteiger partial charge on any atom is -0.297 e. The number of halogens is 3. The zero-order valence-corrected chi connectivity index (χ0v) is 17.9. The first-order chi connectivity index (χ1) is 13.9. The maximum Gasteiger partial charge on any atom is 0.257 e. The number of nitrogens with one attached hydrogen (secondary N) is 1. The fraction of sp³-hybridized carbons (Fsp3) is 0.0556. The summed E-state index contributed by atoms with van der Waals surface area (Å²) < 4.78 is 20.5. The van der Waals surface area contributed by atoms with Gasteiger partial charge in [-0.25, -0.2) is 9.07 Å². The molecule has 0 fully saturated rings. The van der Waals surface area contributed by atoms with Crippen LogP contribution >= 0.6 is 39.1 Å². The minimum atomic E-state index is -0.445. The molecule has 2 aromatic heterocycles. The molecule has 0 saturated carbocycles. The molecule has 11 heteroatoms. The van der Waals surface area contributed by atoms with Crippen LogP contribution in [0.25, 0.3) is 17.2 Å². The molecule has 146 valence electrons. The van der Waals surface area contributed by atoms with Crippen molar-refractivity contribution in [3.63, 3.8) is 0 Å². The second-order valence-corrected chi connectivity index (χ2v) is 8.02. The van der Waals surface area contributed by atoms with E-state index in [0.29, 0.717) is 31.6 Å². The molecule has 7 nitrogen and oxygen atoms in total. The summed E-state index contributed by atoms with van der Waals surface area (Å²) in [5.74, 6) is -0.509. The van der Waals surface area contributed by atoms with Crippen LogP contribution in [0.4, 0.5) is 9.52 Å². The first kappa shape index (κ1) is 19.6. The SMILES string of the molecule is Cc1c(-c2nsc(NC(=O)c3cccc(Cl)c3)n2)nnn1-c1ccc(Br)cc1F. The first-order valence-corrected chi connectivity index (χ1v) is 10.2. The number of benzene rings is 2. The van der Waals surface area contributed by atoms with Gasteiger partial charge in [0.1, 0.15) is 11.5 Å². The summed E-state index contributed by atoms with van der Waals surface area (Å²) in [7, 11) is 0. The number of hydrogen-bond acceptors (Lipinski definition) is 6. The maximum atomic E-state index is 14.3. The zero-order chi connectivity index (χ0) is 20.5. The van der Waals surface area contributed by atoms with Crippen molar-refractivity contribution < 1.29 is 9.18 Å². The lowest BCUT2D eigenvalue weighted by Gasteiger charge is -2.05. The van der Waals surface area contributed by atoms with E-state index in [0.717, 1.165) is 11.5 Å². The van der Waals surface area contributed by atoms with E-state index in [-0.39, 0.29) is 17.4 Å². The lowest BCUT2D eigenvalue weighted by atomic mass is 10.2. The summed E-state index contributed by atoms with van der Waals surface area (Å²) in [5.41, 5.74) is 1.62. The molecular weight excluding hydrogens is 483 g/mol. The van der Waals surface area contributed by atoms with Gasteiger partial charge in [0.25, 0.3) is 5.91 Å². The van der Waals surface area contributed by atoms with Crippen molar-refractivity contribution in [3.8, 4) is 17.2 Å². The third-order valence-electron chi connectivity index (χ3n) is 3.98. The van der Waals surface area contributed by atoms with Crippen LogP contribution in [0, 0.1) is 12.7 Å². The van der Waals surface area contributed by atoms with Crippen LogP contribution in [0.1, 0.15) is 16.1 Å². The maximum absolute atomic E-state index is 14.3. The Labute approximate surface area is 181 Å². The van der Waals surface area contributed by atoms with E-state index < -0.39 is 5.82 Å². The van der Waals surface area contributed by atoms with Crippen LogP contribution in [-0.2, 0) is 0 Å². The van der Waals surface area contributed by atoms with E-state index in [2.05, 4.69) is 40.9 Å². The molecule has 4 aromatic rings. The van der Waals surface area contributed by atoms with Gasteiger partial charge in [0.05, 0.1) is 5.69 Å². The molecule has 0 radical (unpaired) electrons. The largest absolute Gasteiger partial charge is 0.297 e. The highest BCUT2D eigenvalue weighted by Crippen LogP contribution is 2.26. The Morgan fingerprint density at radius 1 is 1.28 bits per heavy atom. The molecule has 1 N–H and O–H groups in total. The Hall–Kier alpha value is -2.69. The second-order valence-electron chi connectivity index (χ2n) is 5.92. The predicted molar refractivity (Wildman–Crippen MR) is 112 cm³/mol. The fourth-order valence-electron chi connectivity index (χ4n) is 2.59. The predicted octanol–water partition coefficient (Wildman–Crippen LogP) is 4.90. The van der Waals surface area contributed by atoms with Gasteiger partial charge in [-0.2, -0.15) is 9.36 Å². The minimum absolute atomic E-state index is 0.258. The fourth-order valence-corrected chi connectivity index (χ4v) is 3.68. The topological polar surface area (TPSA) is 85.6 Å². The number of carbonyl (C=O) groups is 1. The van der Waals surface area contributed by atoms with Crippen molar-refractivity contribution in [2.45, 2.75) is 6.92 Å². The van der Waals surface area contributed by atoms with Gasteiger partial charge in [-0.15, -0.1) is 5.10 Å². The van der Waals surface area contributed by atoms with Crippen LogP contribution in [0.2, 0.25) is 5.02 Å². The van der Waals surface area contributed by atoms with Crippen LogP contribution in [0.5, 0.6) is 0 Å².